The lowest BCUT2D eigenvalue weighted by Gasteiger charge is -2.45. The molecule has 1 rings (SSSR count). The van der Waals surface area contributed by atoms with Crippen molar-refractivity contribution in [3.8, 4) is 0 Å². The molecule has 0 spiro atoms. The Labute approximate surface area is 98.2 Å². The summed E-state index contributed by atoms with van der Waals surface area (Å²) < 4.78 is 0. The van der Waals surface area contributed by atoms with Gasteiger partial charge in [0.1, 0.15) is 0 Å². The van der Waals surface area contributed by atoms with Crippen molar-refractivity contribution in [1.29, 1.82) is 0 Å². The third-order valence-corrected chi connectivity index (χ3v) is 3.25. The number of rotatable bonds is 2. The molecule has 1 amide bonds. The van der Waals surface area contributed by atoms with Crippen LogP contribution in [0.25, 0.3) is 0 Å². The van der Waals surface area contributed by atoms with E-state index < -0.39 is 5.60 Å². The fourth-order valence-electron chi connectivity index (χ4n) is 1.93. The second-order valence-corrected chi connectivity index (χ2v) is 6.04. The Bertz CT molecular complexity index is 269. The van der Waals surface area contributed by atoms with Crippen LogP contribution in [0.5, 0.6) is 0 Å². The van der Waals surface area contributed by atoms with Gasteiger partial charge in [0.05, 0.1) is 12.0 Å². The Hall–Kier alpha value is -0.610. The minimum atomic E-state index is -0.912. The molecular weight excluding hydrogens is 204 g/mol. The van der Waals surface area contributed by atoms with Gasteiger partial charge in [0, 0.05) is 25.2 Å². The lowest BCUT2D eigenvalue weighted by Crippen LogP contribution is -2.59. The van der Waals surface area contributed by atoms with Crippen LogP contribution in [0.15, 0.2) is 0 Å². The maximum atomic E-state index is 12.0. The normalized spacial score (nSPS) is 22.2. The number of nitrogens with zero attached hydrogens (tertiary/aromatic N) is 2. The lowest BCUT2D eigenvalue weighted by molar-refractivity contribution is -0.139. The maximum Gasteiger partial charge on any atom is 0.225 e. The van der Waals surface area contributed by atoms with Crippen LogP contribution in [0.2, 0.25) is 0 Å². The molecule has 0 saturated carbocycles. The highest BCUT2D eigenvalue weighted by atomic mass is 16.3. The van der Waals surface area contributed by atoms with Crippen LogP contribution in [0.4, 0.5) is 0 Å². The molecule has 0 aromatic rings. The van der Waals surface area contributed by atoms with E-state index in [2.05, 4.69) is 25.8 Å². The lowest BCUT2D eigenvalue weighted by atomic mass is 9.98. The number of aliphatic hydroxyl groups is 1. The number of amides is 1. The number of carbonyl (C=O) groups excluding carboxylic acids is 1. The van der Waals surface area contributed by atoms with Crippen LogP contribution in [0, 0.1) is 0 Å². The monoisotopic (exact) mass is 228 g/mol. The van der Waals surface area contributed by atoms with Crippen molar-refractivity contribution in [1.82, 2.24) is 9.80 Å². The van der Waals surface area contributed by atoms with E-state index in [0.717, 1.165) is 19.6 Å². The quantitative estimate of drug-likeness (QED) is 0.756. The van der Waals surface area contributed by atoms with Gasteiger partial charge in [-0.2, -0.15) is 0 Å². The van der Waals surface area contributed by atoms with Gasteiger partial charge in [-0.05, 0) is 34.7 Å². The molecule has 4 nitrogen and oxygen atoms in total. The first-order valence-electron chi connectivity index (χ1n) is 5.83. The smallest absolute Gasteiger partial charge is 0.225 e. The van der Waals surface area contributed by atoms with Gasteiger partial charge < -0.3 is 10.0 Å². The predicted molar refractivity (Wildman–Crippen MR) is 64.2 cm³/mol. The molecule has 0 bridgehead atoms. The van der Waals surface area contributed by atoms with Crippen LogP contribution in [0.3, 0.4) is 0 Å². The molecule has 1 saturated heterocycles. The zero-order chi connectivity index (χ0) is 12.6. The summed E-state index contributed by atoms with van der Waals surface area (Å²) in [6.07, 6.45) is 0.201. The van der Waals surface area contributed by atoms with Gasteiger partial charge >= 0.3 is 0 Å². The van der Waals surface area contributed by atoms with E-state index in [9.17, 15) is 9.90 Å². The van der Waals surface area contributed by atoms with Gasteiger partial charge in [0.2, 0.25) is 5.91 Å². The van der Waals surface area contributed by atoms with Crippen molar-refractivity contribution >= 4 is 5.91 Å². The van der Waals surface area contributed by atoms with E-state index >= 15 is 0 Å². The van der Waals surface area contributed by atoms with Gasteiger partial charge in [-0.3, -0.25) is 9.69 Å². The third kappa shape index (κ3) is 3.46. The molecule has 94 valence electrons. The molecule has 0 unspecified atom stereocenters. The summed E-state index contributed by atoms with van der Waals surface area (Å²) in [5.74, 6) is 0.0497. The average Bonchev–Trinajstić information content (AvgIpc) is 2.06. The summed E-state index contributed by atoms with van der Waals surface area (Å²) in [6.45, 7) is 10.0. The minimum absolute atomic E-state index is 0.0213. The van der Waals surface area contributed by atoms with E-state index in [-0.39, 0.29) is 17.9 Å². The van der Waals surface area contributed by atoms with Crippen molar-refractivity contribution in [3.05, 3.63) is 0 Å². The SMILES string of the molecule is CN1CCN(C(=O)CC(C)(C)O)CC1(C)C. The predicted octanol–water partition coefficient (Wildman–Crippen LogP) is 0.700. The Morgan fingerprint density at radius 2 is 1.94 bits per heavy atom. The van der Waals surface area contributed by atoms with Gasteiger partial charge in [-0.15, -0.1) is 0 Å². The van der Waals surface area contributed by atoms with Gasteiger partial charge in [0.15, 0.2) is 0 Å². The summed E-state index contributed by atoms with van der Waals surface area (Å²) in [6, 6.07) is 0. The van der Waals surface area contributed by atoms with Crippen LogP contribution in [-0.4, -0.2) is 58.6 Å². The second kappa shape index (κ2) is 4.34. The van der Waals surface area contributed by atoms with E-state index in [4.69, 9.17) is 0 Å². The van der Waals surface area contributed by atoms with Crippen molar-refractivity contribution in [2.75, 3.05) is 26.7 Å². The molecule has 1 N–H and O–H groups in total. The zero-order valence-electron chi connectivity index (χ0n) is 11.1. The first-order chi connectivity index (χ1) is 7.12. The number of piperazine rings is 1. The number of hydrogen-bond acceptors (Lipinski definition) is 3. The molecule has 0 aromatic heterocycles. The molecule has 16 heavy (non-hydrogen) atoms. The molecule has 1 heterocycles. The molecule has 1 aliphatic heterocycles. The highest BCUT2D eigenvalue weighted by Crippen LogP contribution is 2.20. The van der Waals surface area contributed by atoms with Gasteiger partial charge in [0.25, 0.3) is 0 Å². The molecule has 1 fully saturated rings. The second-order valence-electron chi connectivity index (χ2n) is 6.04. The number of likely N-dealkylation sites (N-methyl/N-ethyl adjacent to an activating group) is 1. The average molecular weight is 228 g/mol. The Morgan fingerprint density at radius 1 is 1.38 bits per heavy atom. The highest BCUT2D eigenvalue weighted by Gasteiger charge is 2.34. The zero-order valence-corrected chi connectivity index (χ0v) is 11.1. The van der Waals surface area contributed by atoms with Crippen LogP contribution < -0.4 is 0 Å². The van der Waals surface area contributed by atoms with Crippen molar-refractivity contribution in [2.45, 2.75) is 45.3 Å². The van der Waals surface area contributed by atoms with Crippen molar-refractivity contribution in [3.63, 3.8) is 0 Å². The molecule has 0 atom stereocenters. The van der Waals surface area contributed by atoms with E-state index in [0.29, 0.717) is 0 Å². The maximum absolute atomic E-state index is 12.0. The summed E-state index contributed by atoms with van der Waals surface area (Å²) in [5, 5.41) is 9.64. The summed E-state index contributed by atoms with van der Waals surface area (Å²) in [5.41, 5.74) is -0.891. The van der Waals surface area contributed by atoms with Crippen LogP contribution in [-0.2, 0) is 4.79 Å². The molecule has 1 aliphatic rings. The first-order valence-corrected chi connectivity index (χ1v) is 5.83. The van der Waals surface area contributed by atoms with E-state index in [1.807, 2.05) is 4.90 Å². The van der Waals surface area contributed by atoms with E-state index in [1.165, 1.54) is 0 Å². The van der Waals surface area contributed by atoms with E-state index in [1.54, 1.807) is 13.8 Å². The Balaban J connectivity index is 2.60. The summed E-state index contributed by atoms with van der Waals surface area (Å²) in [7, 11) is 2.08. The minimum Gasteiger partial charge on any atom is -0.390 e. The standard InChI is InChI=1S/C12H24N2O2/c1-11(2)9-14(7-6-13(11)5)10(15)8-12(3,4)16/h16H,6-9H2,1-5H3. The number of hydrogen-bond donors (Lipinski definition) is 1. The fourth-order valence-corrected chi connectivity index (χ4v) is 1.93. The summed E-state index contributed by atoms with van der Waals surface area (Å²) in [4.78, 5) is 16.1. The van der Waals surface area contributed by atoms with Gasteiger partial charge in [-0.1, -0.05) is 0 Å². The molecule has 0 aliphatic carbocycles. The molecule has 4 heteroatoms. The number of carbonyl (C=O) groups is 1. The van der Waals surface area contributed by atoms with Crippen molar-refractivity contribution < 1.29 is 9.90 Å². The molecule has 0 radical (unpaired) electrons. The van der Waals surface area contributed by atoms with Crippen molar-refractivity contribution in [2.24, 2.45) is 0 Å². The fraction of sp³-hybridized carbons (Fsp3) is 0.917. The van der Waals surface area contributed by atoms with Crippen LogP contribution in [0.1, 0.15) is 34.1 Å². The first kappa shape index (κ1) is 13.5. The largest absolute Gasteiger partial charge is 0.390 e. The highest BCUT2D eigenvalue weighted by molar-refractivity contribution is 5.77. The topological polar surface area (TPSA) is 43.8 Å². The molecular formula is C12H24N2O2. The summed E-state index contributed by atoms with van der Waals surface area (Å²) >= 11 is 0. The Morgan fingerprint density at radius 3 is 2.38 bits per heavy atom. The van der Waals surface area contributed by atoms with Crippen LogP contribution >= 0.6 is 0 Å². The Kier molecular flexibility index (Phi) is 3.65. The molecule has 0 aromatic carbocycles. The van der Waals surface area contributed by atoms with Gasteiger partial charge in [-0.25, -0.2) is 0 Å². The third-order valence-electron chi connectivity index (χ3n) is 3.25.